The maximum absolute atomic E-state index is 12.2. The summed E-state index contributed by atoms with van der Waals surface area (Å²) in [6.07, 6.45) is 4.49. The number of ketones is 1. The average molecular weight is 292 g/mol. The van der Waals surface area contributed by atoms with Gasteiger partial charge >= 0.3 is 0 Å². The molecule has 2 aromatic heterocycles. The third kappa shape index (κ3) is 3.27. The van der Waals surface area contributed by atoms with Gasteiger partial charge in [-0.05, 0) is 13.8 Å². The molecule has 0 aliphatic carbocycles. The molecule has 0 amide bonds. The molecule has 0 saturated heterocycles. The van der Waals surface area contributed by atoms with Gasteiger partial charge in [-0.15, -0.1) is 0 Å². The lowest BCUT2D eigenvalue weighted by Gasteiger charge is -2.09. The summed E-state index contributed by atoms with van der Waals surface area (Å²) in [7, 11) is 0. The van der Waals surface area contributed by atoms with Crippen LogP contribution in [0.5, 0.6) is 0 Å². The number of aryl methyl sites for hydroxylation is 1. The van der Waals surface area contributed by atoms with Crippen LogP contribution in [0.25, 0.3) is 0 Å². The minimum Gasteiger partial charge on any atom is -0.370 e. The van der Waals surface area contributed by atoms with E-state index >= 15 is 0 Å². The molecule has 7 heteroatoms. The monoisotopic (exact) mass is 291 g/mol. The summed E-state index contributed by atoms with van der Waals surface area (Å²) in [5.41, 5.74) is 1.03. The Morgan fingerprint density at radius 1 is 1.25 bits per heavy atom. The minimum absolute atomic E-state index is 0.106. The van der Waals surface area contributed by atoms with Crippen molar-refractivity contribution >= 4 is 23.2 Å². The first kappa shape index (κ1) is 14.3. The van der Waals surface area contributed by atoms with Gasteiger partial charge in [0.15, 0.2) is 5.78 Å². The molecule has 6 nitrogen and oxygen atoms in total. The van der Waals surface area contributed by atoms with Crippen LogP contribution in [0, 0.1) is 6.92 Å². The second kappa shape index (κ2) is 6.38. The fraction of sp³-hybridized carbons (Fsp3) is 0.308. The lowest BCUT2D eigenvalue weighted by Crippen LogP contribution is -2.11. The zero-order chi connectivity index (χ0) is 14.5. The van der Waals surface area contributed by atoms with Crippen LogP contribution < -0.4 is 5.32 Å². The molecular weight excluding hydrogens is 278 g/mol. The maximum Gasteiger partial charge on any atom is 0.170 e. The second-order valence-corrected chi connectivity index (χ2v) is 4.50. The fourth-order valence-electron chi connectivity index (χ4n) is 1.67. The molecule has 0 aliphatic rings. The predicted octanol–water partition coefficient (Wildman–Crippen LogP) is 2.09. The molecule has 0 aromatic carbocycles. The Morgan fingerprint density at radius 2 is 1.95 bits per heavy atom. The number of hydrogen-bond acceptors (Lipinski definition) is 6. The van der Waals surface area contributed by atoms with E-state index in [1.54, 1.807) is 6.92 Å². The number of nitrogens with one attached hydrogen (secondary N) is 1. The molecular formula is C13H14ClN5O. The van der Waals surface area contributed by atoms with E-state index in [2.05, 4.69) is 25.3 Å². The van der Waals surface area contributed by atoms with Crippen LogP contribution in [-0.4, -0.2) is 32.3 Å². The first-order valence-electron chi connectivity index (χ1n) is 6.17. The Morgan fingerprint density at radius 3 is 2.60 bits per heavy atom. The van der Waals surface area contributed by atoms with Crippen molar-refractivity contribution in [3.05, 3.63) is 40.8 Å². The molecule has 0 atom stereocenters. The van der Waals surface area contributed by atoms with Crippen LogP contribution in [-0.2, 0) is 6.42 Å². The zero-order valence-electron chi connectivity index (χ0n) is 11.2. The Kier molecular flexibility index (Phi) is 4.57. The Hall–Kier alpha value is -2.08. The molecule has 0 unspecified atom stereocenters. The highest BCUT2D eigenvalue weighted by atomic mass is 35.5. The largest absolute Gasteiger partial charge is 0.370 e. The van der Waals surface area contributed by atoms with Gasteiger partial charge in [-0.1, -0.05) is 11.6 Å². The van der Waals surface area contributed by atoms with Gasteiger partial charge in [0.05, 0.1) is 5.56 Å². The highest BCUT2D eigenvalue weighted by Gasteiger charge is 2.15. The van der Waals surface area contributed by atoms with Crippen molar-refractivity contribution in [2.45, 2.75) is 20.3 Å². The fourth-order valence-corrected chi connectivity index (χ4v) is 1.87. The molecule has 0 fully saturated rings. The molecule has 0 aliphatic heterocycles. The number of carbonyl (C=O) groups excluding carboxylic acids is 1. The van der Waals surface area contributed by atoms with Crippen molar-refractivity contribution in [1.82, 2.24) is 19.9 Å². The lowest BCUT2D eigenvalue weighted by molar-refractivity contribution is 0.0992. The van der Waals surface area contributed by atoms with E-state index in [0.717, 1.165) is 0 Å². The molecule has 2 rings (SSSR count). The summed E-state index contributed by atoms with van der Waals surface area (Å²) in [5, 5.41) is 3.34. The summed E-state index contributed by atoms with van der Waals surface area (Å²) in [6, 6.07) is 0. The lowest BCUT2D eigenvalue weighted by atomic mass is 10.1. The van der Waals surface area contributed by atoms with Gasteiger partial charge in [-0.2, -0.15) is 0 Å². The summed E-state index contributed by atoms with van der Waals surface area (Å²) in [4.78, 5) is 28.2. The van der Waals surface area contributed by atoms with E-state index in [9.17, 15) is 4.79 Å². The van der Waals surface area contributed by atoms with E-state index in [1.165, 1.54) is 18.7 Å². The average Bonchev–Trinajstić information content (AvgIpc) is 2.43. The van der Waals surface area contributed by atoms with E-state index in [1.807, 2.05) is 6.92 Å². The minimum atomic E-state index is -0.124. The third-order valence-corrected chi connectivity index (χ3v) is 3.00. The second-order valence-electron chi connectivity index (χ2n) is 4.14. The van der Waals surface area contributed by atoms with Crippen LogP contribution in [0.3, 0.4) is 0 Å². The predicted molar refractivity (Wildman–Crippen MR) is 76.0 cm³/mol. The Bertz CT molecular complexity index is 615. The van der Waals surface area contributed by atoms with E-state index < -0.39 is 0 Å². The number of Topliss-reactive ketones (excluding diaryl/α,β-unsaturated/α-hetero) is 1. The van der Waals surface area contributed by atoms with Crippen LogP contribution >= 0.6 is 11.6 Å². The smallest absolute Gasteiger partial charge is 0.170 e. The van der Waals surface area contributed by atoms with Gasteiger partial charge in [0, 0.05) is 30.9 Å². The Labute approximate surface area is 121 Å². The summed E-state index contributed by atoms with van der Waals surface area (Å²) < 4.78 is 0. The SMILES string of the molecule is CCNc1ncnc(Cl)c1CC(=O)c1cnc(C)nc1. The maximum atomic E-state index is 12.2. The zero-order valence-corrected chi connectivity index (χ0v) is 12.0. The normalized spacial score (nSPS) is 10.3. The van der Waals surface area contributed by atoms with Crippen molar-refractivity contribution in [3.63, 3.8) is 0 Å². The third-order valence-electron chi connectivity index (χ3n) is 2.68. The number of hydrogen-bond donors (Lipinski definition) is 1. The first-order chi connectivity index (χ1) is 9.61. The van der Waals surface area contributed by atoms with E-state index in [-0.39, 0.29) is 17.4 Å². The summed E-state index contributed by atoms with van der Waals surface area (Å²) in [6.45, 7) is 4.39. The number of aromatic nitrogens is 4. The number of carbonyl (C=O) groups is 1. The van der Waals surface area contributed by atoms with Crippen molar-refractivity contribution in [2.75, 3.05) is 11.9 Å². The van der Waals surface area contributed by atoms with Crippen molar-refractivity contribution in [3.8, 4) is 0 Å². The molecule has 2 heterocycles. The number of rotatable bonds is 5. The van der Waals surface area contributed by atoms with Gasteiger partial charge in [0.1, 0.15) is 23.1 Å². The van der Waals surface area contributed by atoms with Crippen LogP contribution in [0.15, 0.2) is 18.7 Å². The van der Waals surface area contributed by atoms with Gasteiger partial charge in [0.2, 0.25) is 0 Å². The standard InChI is InChI=1S/C13H14ClN5O/c1-3-15-13-10(12(14)18-7-19-13)4-11(20)9-5-16-8(2)17-6-9/h5-7H,3-4H2,1-2H3,(H,15,18,19). The topological polar surface area (TPSA) is 80.7 Å². The highest BCUT2D eigenvalue weighted by molar-refractivity contribution is 6.30. The highest BCUT2D eigenvalue weighted by Crippen LogP contribution is 2.21. The molecule has 0 saturated carbocycles. The van der Waals surface area contributed by atoms with Gasteiger partial charge in [-0.25, -0.2) is 19.9 Å². The van der Waals surface area contributed by atoms with Crippen LogP contribution in [0.4, 0.5) is 5.82 Å². The van der Waals surface area contributed by atoms with Gasteiger partial charge in [0.25, 0.3) is 0 Å². The molecule has 1 N–H and O–H groups in total. The first-order valence-corrected chi connectivity index (χ1v) is 6.54. The Balaban J connectivity index is 2.25. The molecule has 0 spiro atoms. The van der Waals surface area contributed by atoms with Crippen LogP contribution in [0.1, 0.15) is 28.7 Å². The molecule has 104 valence electrons. The molecule has 20 heavy (non-hydrogen) atoms. The van der Waals surface area contributed by atoms with Crippen molar-refractivity contribution < 1.29 is 4.79 Å². The van der Waals surface area contributed by atoms with Crippen molar-refractivity contribution in [2.24, 2.45) is 0 Å². The van der Waals surface area contributed by atoms with Gasteiger partial charge in [-0.3, -0.25) is 4.79 Å². The number of nitrogens with zero attached hydrogens (tertiary/aromatic N) is 4. The quantitative estimate of drug-likeness (QED) is 0.671. The van der Waals surface area contributed by atoms with Gasteiger partial charge < -0.3 is 5.32 Å². The number of anilines is 1. The van der Waals surface area contributed by atoms with Crippen LogP contribution in [0.2, 0.25) is 5.15 Å². The molecule has 2 aromatic rings. The number of halogens is 1. The van der Waals surface area contributed by atoms with E-state index in [4.69, 9.17) is 11.6 Å². The molecule has 0 bridgehead atoms. The summed E-state index contributed by atoms with van der Waals surface area (Å²) in [5.74, 6) is 1.07. The van der Waals surface area contributed by atoms with E-state index in [0.29, 0.717) is 29.3 Å². The summed E-state index contributed by atoms with van der Waals surface area (Å²) >= 11 is 6.05. The molecule has 0 radical (unpaired) electrons. The van der Waals surface area contributed by atoms with Crippen molar-refractivity contribution in [1.29, 1.82) is 0 Å².